The van der Waals surface area contributed by atoms with Gasteiger partial charge in [0.25, 0.3) is 0 Å². The van der Waals surface area contributed by atoms with Crippen molar-refractivity contribution in [3.05, 3.63) is 51.2 Å². The van der Waals surface area contributed by atoms with Gasteiger partial charge in [-0.3, -0.25) is 9.36 Å². The third kappa shape index (κ3) is 2.41. The molecule has 0 radical (unpaired) electrons. The van der Waals surface area contributed by atoms with Crippen LogP contribution in [0.4, 0.5) is 0 Å². The van der Waals surface area contributed by atoms with Crippen LogP contribution in [0.15, 0.2) is 29.1 Å². The highest BCUT2D eigenvalue weighted by Gasteiger charge is 2.18. The first-order valence-corrected chi connectivity index (χ1v) is 6.98. The van der Waals surface area contributed by atoms with E-state index >= 15 is 0 Å². The highest BCUT2D eigenvalue weighted by Crippen LogP contribution is 2.12. The smallest absolute Gasteiger partial charge is 0.292 e. The zero-order chi connectivity index (χ0) is 14.1. The van der Waals surface area contributed by atoms with Crippen LogP contribution in [0.3, 0.4) is 0 Å². The predicted molar refractivity (Wildman–Crippen MR) is 75.2 cm³/mol. The van der Waals surface area contributed by atoms with Gasteiger partial charge < -0.3 is 0 Å². The van der Waals surface area contributed by atoms with Gasteiger partial charge in [-0.1, -0.05) is 11.6 Å². The number of halogens is 1. The molecule has 1 aliphatic rings. The minimum Gasteiger partial charge on any atom is -0.292 e. The summed E-state index contributed by atoms with van der Waals surface area (Å²) in [5, 5.41) is 4.83. The fourth-order valence-electron chi connectivity index (χ4n) is 2.41. The third-order valence-corrected chi connectivity index (χ3v) is 3.74. The highest BCUT2D eigenvalue weighted by atomic mass is 35.5. The summed E-state index contributed by atoms with van der Waals surface area (Å²) in [7, 11) is 0. The zero-order valence-corrected chi connectivity index (χ0v) is 11.6. The molecule has 2 aromatic rings. The summed E-state index contributed by atoms with van der Waals surface area (Å²) in [4.78, 5) is 24.3. The molecular formula is C14H14ClN3O2. The summed E-state index contributed by atoms with van der Waals surface area (Å²) in [6.07, 6.45) is 2.84. The molecule has 0 amide bonds. The van der Waals surface area contributed by atoms with Gasteiger partial charge in [-0.05, 0) is 37.1 Å². The minimum atomic E-state index is -0.193. The van der Waals surface area contributed by atoms with E-state index in [1.807, 2.05) is 0 Å². The van der Waals surface area contributed by atoms with Crippen molar-refractivity contribution < 1.29 is 4.79 Å². The summed E-state index contributed by atoms with van der Waals surface area (Å²) in [6.45, 7) is 0.670. The number of rotatable bonds is 3. The molecule has 2 heterocycles. The fraction of sp³-hybridized carbons (Fsp3) is 0.357. The molecule has 0 saturated carbocycles. The van der Waals surface area contributed by atoms with Gasteiger partial charge in [-0.25, -0.2) is 9.48 Å². The van der Waals surface area contributed by atoms with Crippen LogP contribution in [0.2, 0.25) is 5.02 Å². The second-order valence-corrected chi connectivity index (χ2v) is 5.33. The average molecular weight is 292 g/mol. The molecule has 0 N–H and O–H groups in total. The van der Waals surface area contributed by atoms with Crippen molar-refractivity contribution in [1.82, 2.24) is 14.3 Å². The van der Waals surface area contributed by atoms with Crippen LogP contribution in [0.1, 0.15) is 29.0 Å². The minimum absolute atomic E-state index is 0.0273. The first kappa shape index (κ1) is 13.1. The lowest BCUT2D eigenvalue weighted by atomic mass is 10.1. The number of ketones is 1. The molecule has 0 unspecified atom stereocenters. The fourth-order valence-corrected chi connectivity index (χ4v) is 2.54. The number of carbonyl (C=O) groups is 1. The first-order chi connectivity index (χ1) is 9.65. The standard InChI is InChI=1S/C14H14ClN3O2/c15-11-6-4-10(5-7-11)12(19)9-18-14(20)17-8-2-1-3-13(17)16-18/h4-7H,1-3,8-9H2. The lowest BCUT2D eigenvalue weighted by Crippen LogP contribution is -2.29. The normalized spacial score (nSPS) is 14.1. The van der Waals surface area contributed by atoms with E-state index in [1.54, 1.807) is 28.8 Å². The molecule has 0 saturated heterocycles. The number of Topliss-reactive ketones (excluding diaryl/α,β-unsaturated/α-hetero) is 1. The van der Waals surface area contributed by atoms with E-state index in [2.05, 4.69) is 5.10 Å². The molecular weight excluding hydrogens is 278 g/mol. The lowest BCUT2D eigenvalue weighted by Gasteiger charge is -2.09. The molecule has 0 fully saturated rings. The van der Waals surface area contributed by atoms with Crippen LogP contribution in [-0.4, -0.2) is 20.1 Å². The van der Waals surface area contributed by atoms with Gasteiger partial charge in [0.05, 0.1) is 0 Å². The number of aryl methyl sites for hydroxylation is 1. The number of hydrogen-bond acceptors (Lipinski definition) is 3. The summed E-state index contributed by atoms with van der Waals surface area (Å²) in [6, 6.07) is 6.64. The van der Waals surface area contributed by atoms with Crippen LogP contribution in [0, 0.1) is 0 Å². The quantitative estimate of drug-likeness (QED) is 0.812. The van der Waals surface area contributed by atoms with Crippen molar-refractivity contribution in [2.75, 3.05) is 0 Å². The first-order valence-electron chi connectivity index (χ1n) is 6.60. The Hall–Kier alpha value is -1.88. The van der Waals surface area contributed by atoms with Gasteiger partial charge in [-0.15, -0.1) is 0 Å². The summed E-state index contributed by atoms with van der Waals surface area (Å²) in [5.41, 5.74) is 0.342. The number of fused-ring (bicyclic) bond motifs is 1. The molecule has 0 aliphatic carbocycles. The second-order valence-electron chi connectivity index (χ2n) is 4.90. The molecule has 1 aromatic heterocycles. The molecule has 6 heteroatoms. The average Bonchev–Trinajstić information content (AvgIpc) is 2.77. The molecule has 1 aromatic carbocycles. The Morgan fingerprint density at radius 1 is 1.25 bits per heavy atom. The molecule has 104 valence electrons. The monoisotopic (exact) mass is 291 g/mol. The molecule has 0 bridgehead atoms. The van der Waals surface area contributed by atoms with E-state index in [9.17, 15) is 9.59 Å². The van der Waals surface area contributed by atoms with Crippen LogP contribution >= 0.6 is 11.6 Å². The largest absolute Gasteiger partial charge is 0.346 e. The van der Waals surface area contributed by atoms with Crippen molar-refractivity contribution in [2.24, 2.45) is 0 Å². The molecule has 0 atom stereocenters. The van der Waals surface area contributed by atoms with E-state index in [-0.39, 0.29) is 18.0 Å². The Morgan fingerprint density at radius 2 is 2.00 bits per heavy atom. The predicted octanol–water partition coefficient (Wildman–Crippen LogP) is 1.92. The second kappa shape index (κ2) is 5.25. The van der Waals surface area contributed by atoms with Crippen molar-refractivity contribution >= 4 is 17.4 Å². The van der Waals surface area contributed by atoms with E-state index < -0.39 is 0 Å². The zero-order valence-electron chi connectivity index (χ0n) is 10.9. The van der Waals surface area contributed by atoms with Gasteiger partial charge in [0, 0.05) is 23.6 Å². The maximum atomic E-state index is 12.1. The van der Waals surface area contributed by atoms with E-state index in [4.69, 9.17) is 11.6 Å². The van der Waals surface area contributed by atoms with Gasteiger partial charge in [0.15, 0.2) is 5.78 Å². The molecule has 3 rings (SSSR count). The summed E-state index contributed by atoms with van der Waals surface area (Å²) in [5.74, 6) is 0.643. The topological polar surface area (TPSA) is 56.9 Å². The number of hydrogen-bond donors (Lipinski definition) is 0. The maximum absolute atomic E-state index is 12.1. The van der Waals surface area contributed by atoms with Crippen molar-refractivity contribution in [1.29, 1.82) is 0 Å². The lowest BCUT2D eigenvalue weighted by molar-refractivity contribution is 0.0966. The summed E-state index contributed by atoms with van der Waals surface area (Å²) < 4.78 is 2.93. The van der Waals surface area contributed by atoms with Crippen molar-refractivity contribution in [3.63, 3.8) is 0 Å². The molecule has 0 spiro atoms. The third-order valence-electron chi connectivity index (χ3n) is 3.49. The van der Waals surface area contributed by atoms with E-state index in [0.717, 1.165) is 25.1 Å². The van der Waals surface area contributed by atoms with Gasteiger partial charge in [0.2, 0.25) is 0 Å². The summed E-state index contributed by atoms with van der Waals surface area (Å²) >= 11 is 5.79. The van der Waals surface area contributed by atoms with Gasteiger partial charge >= 0.3 is 5.69 Å². The van der Waals surface area contributed by atoms with Crippen LogP contribution < -0.4 is 5.69 Å². The molecule has 1 aliphatic heterocycles. The maximum Gasteiger partial charge on any atom is 0.346 e. The Morgan fingerprint density at radius 3 is 2.70 bits per heavy atom. The van der Waals surface area contributed by atoms with Gasteiger partial charge in [-0.2, -0.15) is 5.10 Å². The highest BCUT2D eigenvalue weighted by molar-refractivity contribution is 6.30. The number of aromatic nitrogens is 3. The number of benzene rings is 1. The molecule has 5 nitrogen and oxygen atoms in total. The Labute approximate surface area is 120 Å². The van der Waals surface area contributed by atoms with E-state index in [1.165, 1.54) is 4.68 Å². The molecule has 20 heavy (non-hydrogen) atoms. The Balaban J connectivity index is 1.84. The SMILES string of the molecule is O=C(Cn1nc2n(c1=O)CCCC2)c1ccc(Cl)cc1. The number of carbonyl (C=O) groups excluding carboxylic acids is 1. The number of nitrogens with zero attached hydrogens (tertiary/aromatic N) is 3. The van der Waals surface area contributed by atoms with E-state index in [0.29, 0.717) is 17.1 Å². The Kier molecular flexibility index (Phi) is 3.44. The van der Waals surface area contributed by atoms with Crippen LogP contribution in [0.5, 0.6) is 0 Å². The van der Waals surface area contributed by atoms with Crippen LogP contribution in [0.25, 0.3) is 0 Å². The van der Waals surface area contributed by atoms with Crippen molar-refractivity contribution in [2.45, 2.75) is 32.4 Å². The Bertz CT molecular complexity index is 700. The van der Waals surface area contributed by atoms with Crippen LogP contribution in [-0.2, 0) is 19.5 Å². The van der Waals surface area contributed by atoms with Crippen molar-refractivity contribution in [3.8, 4) is 0 Å². The van der Waals surface area contributed by atoms with Gasteiger partial charge in [0.1, 0.15) is 12.4 Å².